The Labute approximate surface area is 150 Å². The second kappa shape index (κ2) is 7.44. The average molecular weight is 347 g/mol. The quantitative estimate of drug-likeness (QED) is 0.819. The molecule has 24 heavy (non-hydrogen) atoms. The fraction of sp³-hybridized carbons (Fsp3) is 0.650. The van der Waals surface area contributed by atoms with Crippen LogP contribution in [0.4, 0.5) is 0 Å². The van der Waals surface area contributed by atoms with Crippen molar-refractivity contribution in [1.82, 2.24) is 4.90 Å². The fourth-order valence-corrected chi connectivity index (χ4v) is 4.59. The van der Waals surface area contributed by atoms with Crippen molar-refractivity contribution in [3.8, 4) is 6.07 Å². The first-order valence-electron chi connectivity index (χ1n) is 9.06. The van der Waals surface area contributed by atoms with E-state index < -0.39 is 0 Å². The number of nitriles is 1. The van der Waals surface area contributed by atoms with Crippen LogP contribution in [0, 0.1) is 17.2 Å². The molecule has 1 aromatic rings. The number of likely N-dealkylation sites (tertiary alicyclic amines) is 1. The highest BCUT2D eigenvalue weighted by Crippen LogP contribution is 2.34. The summed E-state index contributed by atoms with van der Waals surface area (Å²) in [7, 11) is 0. The van der Waals surface area contributed by atoms with Crippen LogP contribution in [0.15, 0.2) is 12.1 Å². The van der Waals surface area contributed by atoms with Crippen LogP contribution in [0.5, 0.6) is 0 Å². The summed E-state index contributed by atoms with van der Waals surface area (Å²) in [6, 6.07) is 7.33. The Morgan fingerprint density at radius 2 is 2.21 bits per heavy atom. The Morgan fingerprint density at radius 1 is 1.42 bits per heavy atom. The number of benzene rings is 1. The molecule has 0 saturated carbocycles. The normalized spacial score (nSPS) is 27.2. The molecule has 1 heterocycles. The molecule has 1 fully saturated rings. The van der Waals surface area contributed by atoms with Gasteiger partial charge < -0.3 is 4.74 Å². The largest absolute Gasteiger partial charge is 0.378 e. The zero-order valence-corrected chi connectivity index (χ0v) is 15.6. The van der Waals surface area contributed by atoms with E-state index >= 15 is 0 Å². The van der Waals surface area contributed by atoms with Gasteiger partial charge in [0.15, 0.2) is 0 Å². The van der Waals surface area contributed by atoms with Gasteiger partial charge >= 0.3 is 0 Å². The van der Waals surface area contributed by atoms with Crippen molar-refractivity contribution in [2.75, 3.05) is 13.2 Å². The molecule has 0 N–H and O–H groups in total. The molecule has 0 amide bonds. The molecule has 3 atom stereocenters. The van der Waals surface area contributed by atoms with Gasteiger partial charge in [-0.05, 0) is 75.6 Å². The van der Waals surface area contributed by atoms with Crippen LogP contribution in [-0.2, 0) is 17.6 Å². The molecule has 0 radical (unpaired) electrons. The minimum absolute atomic E-state index is 0.308. The van der Waals surface area contributed by atoms with Gasteiger partial charge in [0.1, 0.15) is 0 Å². The zero-order chi connectivity index (χ0) is 17.3. The second-order valence-corrected chi connectivity index (χ2v) is 8.07. The third-order valence-electron chi connectivity index (χ3n) is 5.45. The van der Waals surface area contributed by atoms with Crippen molar-refractivity contribution in [1.29, 1.82) is 5.26 Å². The van der Waals surface area contributed by atoms with Gasteiger partial charge in [-0.25, -0.2) is 0 Å². The van der Waals surface area contributed by atoms with E-state index in [2.05, 4.69) is 37.8 Å². The molecule has 3 nitrogen and oxygen atoms in total. The lowest BCUT2D eigenvalue weighted by molar-refractivity contribution is 0.0513. The van der Waals surface area contributed by atoms with Crippen molar-refractivity contribution in [3.05, 3.63) is 33.8 Å². The number of rotatable bonds is 4. The molecule has 4 heteroatoms. The third-order valence-corrected chi connectivity index (χ3v) is 5.67. The van der Waals surface area contributed by atoms with Crippen LogP contribution in [0.25, 0.3) is 0 Å². The van der Waals surface area contributed by atoms with Crippen molar-refractivity contribution >= 4 is 11.6 Å². The van der Waals surface area contributed by atoms with Gasteiger partial charge in [-0.3, -0.25) is 4.90 Å². The van der Waals surface area contributed by atoms with Crippen LogP contribution in [0.2, 0.25) is 5.02 Å². The lowest BCUT2D eigenvalue weighted by Gasteiger charge is -2.35. The molecular weight excluding hydrogens is 320 g/mol. The van der Waals surface area contributed by atoms with Gasteiger partial charge in [-0.1, -0.05) is 11.6 Å². The van der Waals surface area contributed by atoms with Crippen LogP contribution >= 0.6 is 11.6 Å². The van der Waals surface area contributed by atoms with E-state index in [1.807, 2.05) is 0 Å². The fourth-order valence-electron chi connectivity index (χ4n) is 4.35. The number of halogens is 1. The van der Waals surface area contributed by atoms with E-state index in [0.29, 0.717) is 29.1 Å². The monoisotopic (exact) mass is 346 g/mol. The maximum atomic E-state index is 9.34. The third kappa shape index (κ3) is 3.77. The minimum Gasteiger partial charge on any atom is -0.378 e. The number of hydrogen-bond donors (Lipinski definition) is 0. The van der Waals surface area contributed by atoms with Crippen molar-refractivity contribution < 1.29 is 4.74 Å². The summed E-state index contributed by atoms with van der Waals surface area (Å²) in [4.78, 5) is 2.66. The van der Waals surface area contributed by atoms with Gasteiger partial charge in [0.05, 0.1) is 24.3 Å². The highest BCUT2D eigenvalue weighted by Gasteiger charge is 2.35. The first kappa shape index (κ1) is 17.7. The molecule has 1 saturated heterocycles. The minimum atomic E-state index is 0.308. The molecule has 1 aromatic carbocycles. The Morgan fingerprint density at radius 3 is 2.92 bits per heavy atom. The predicted octanol–water partition coefficient (Wildman–Crippen LogP) is 4.20. The van der Waals surface area contributed by atoms with Crippen molar-refractivity contribution in [3.63, 3.8) is 0 Å². The molecule has 2 aliphatic rings. The van der Waals surface area contributed by atoms with Crippen molar-refractivity contribution in [2.45, 2.75) is 64.6 Å². The summed E-state index contributed by atoms with van der Waals surface area (Å²) in [6.45, 7) is 8.53. The SMILES string of the molecule is CC(C)OCC1CC(C)N(C2CCc3c(C#N)cc(Cl)cc3C2)C1. The number of fused-ring (bicyclic) bond motifs is 1. The Kier molecular flexibility index (Phi) is 5.49. The lowest BCUT2D eigenvalue weighted by atomic mass is 9.85. The summed E-state index contributed by atoms with van der Waals surface area (Å²) in [5.41, 5.74) is 3.24. The predicted molar refractivity (Wildman–Crippen MR) is 97.3 cm³/mol. The Balaban J connectivity index is 1.69. The molecule has 0 spiro atoms. The average Bonchev–Trinajstić information content (AvgIpc) is 2.92. The standard InChI is InChI=1S/C20H27ClN2O/c1-13(2)24-12-15-6-14(3)23(11-15)19-4-5-20-16(9-19)7-18(21)8-17(20)10-22/h7-8,13-15,19H,4-6,9,11-12H2,1-3H3. The van der Waals surface area contributed by atoms with Gasteiger partial charge in [0, 0.05) is 23.7 Å². The summed E-state index contributed by atoms with van der Waals surface area (Å²) in [6.07, 6.45) is 4.64. The molecule has 1 aliphatic carbocycles. The lowest BCUT2D eigenvalue weighted by Crippen LogP contribution is -2.41. The maximum Gasteiger partial charge on any atom is 0.0995 e. The number of nitrogens with zero attached hydrogens (tertiary/aromatic N) is 2. The van der Waals surface area contributed by atoms with E-state index in [1.54, 1.807) is 6.07 Å². The molecular formula is C20H27ClN2O. The summed E-state index contributed by atoms with van der Waals surface area (Å²) in [5, 5.41) is 10.0. The van der Waals surface area contributed by atoms with Gasteiger partial charge in [-0.15, -0.1) is 0 Å². The van der Waals surface area contributed by atoms with Crippen LogP contribution in [0.3, 0.4) is 0 Å². The molecule has 3 rings (SSSR count). The van der Waals surface area contributed by atoms with Crippen molar-refractivity contribution in [2.24, 2.45) is 5.92 Å². The molecule has 0 aromatic heterocycles. The number of hydrogen-bond acceptors (Lipinski definition) is 3. The molecule has 1 aliphatic heterocycles. The van der Waals surface area contributed by atoms with E-state index in [-0.39, 0.29) is 0 Å². The summed E-state index contributed by atoms with van der Waals surface area (Å²) < 4.78 is 5.83. The van der Waals surface area contributed by atoms with E-state index in [9.17, 15) is 5.26 Å². The maximum absolute atomic E-state index is 9.34. The van der Waals surface area contributed by atoms with Gasteiger partial charge in [0.25, 0.3) is 0 Å². The first-order chi connectivity index (χ1) is 11.5. The van der Waals surface area contributed by atoms with Crippen LogP contribution < -0.4 is 0 Å². The van der Waals surface area contributed by atoms with E-state index in [1.165, 1.54) is 17.5 Å². The van der Waals surface area contributed by atoms with Crippen LogP contribution in [-0.4, -0.2) is 36.2 Å². The summed E-state index contributed by atoms with van der Waals surface area (Å²) >= 11 is 6.21. The number of ether oxygens (including phenoxy) is 1. The Hall–Kier alpha value is -1.08. The molecule has 3 unspecified atom stereocenters. The van der Waals surface area contributed by atoms with Gasteiger partial charge in [0.2, 0.25) is 0 Å². The zero-order valence-electron chi connectivity index (χ0n) is 14.9. The topological polar surface area (TPSA) is 36.3 Å². The highest BCUT2D eigenvalue weighted by atomic mass is 35.5. The smallest absolute Gasteiger partial charge is 0.0995 e. The highest BCUT2D eigenvalue weighted by molar-refractivity contribution is 6.30. The second-order valence-electron chi connectivity index (χ2n) is 7.63. The first-order valence-corrected chi connectivity index (χ1v) is 9.44. The van der Waals surface area contributed by atoms with E-state index in [4.69, 9.17) is 16.3 Å². The molecule has 0 bridgehead atoms. The van der Waals surface area contributed by atoms with Crippen LogP contribution in [0.1, 0.15) is 50.3 Å². The summed E-state index contributed by atoms with van der Waals surface area (Å²) in [5.74, 6) is 0.637. The Bertz CT molecular complexity index is 637. The molecule has 130 valence electrons. The van der Waals surface area contributed by atoms with E-state index in [0.717, 1.165) is 38.0 Å². The van der Waals surface area contributed by atoms with Gasteiger partial charge in [-0.2, -0.15) is 5.26 Å².